The Balaban J connectivity index is 1.57. The molecular weight excluding hydrogens is 356 g/mol. The molecule has 0 aliphatic carbocycles. The summed E-state index contributed by atoms with van der Waals surface area (Å²) in [6, 6.07) is 10.9. The van der Waals surface area contributed by atoms with E-state index in [-0.39, 0.29) is 24.7 Å². The third-order valence-corrected chi connectivity index (χ3v) is 4.49. The monoisotopic (exact) mass is 377 g/mol. The number of ether oxygens (including phenoxy) is 2. The highest BCUT2D eigenvalue weighted by Gasteiger charge is 2.22. The average Bonchev–Trinajstić information content (AvgIpc) is 2.67. The molecule has 144 valence electrons. The first-order chi connectivity index (χ1) is 13.0. The molecule has 0 saturated carbocycles. The van der Waals surface area contributed by atoms with Crippen molar-refractivity contribution in [3.8, 4) is 5.75 Å². The molecule has 1 saturated heterocycles. The summed E-state index contributed by atoms with van der Waals surface area (Å²) in [6.07, 6.45) is -0.0443. The van der Waals surface area contributed by atoms with E-state index in [2.05, 4.69) is 4.90 Å². The molecule has 0 bridgehead atoms. The summed E-state index contributed by atoms with van der Waals surface area (Å²) in [5.74, 6) is -1.59. The Kier molecular flexibility index (Phi) is 6.36. The molecule has 2 aromatic carbocycles. The first-order valence-electron chi connectivity index (χ1n) is 8.74. The maximum Gasteiger partial charge on any atom is 0.304 e. The molecule has 0 radical (unpaired) electrons. The summed E-state index contributed by atoms with van der Waals surface area (Å²) in [7, 11) is 0. The lowest BCUT2D eigenvalue weighted by Crippen LogP contribution is -2.39. The van der Waals surface area contributed by atoms with Gasteiger partial charge in [-0.1, -0.05) is 18.2 Å². The zero-order valence-electron chi connectivity index (χ0n) is 14.7. The van der Waals surface area contributed by atoms with Crippen molar-refractivity contribution in [2.45, 2.75) is 19.1 Å². The molecule has 1 heterocycles. The Labute approximate surface area is 156 Å². The summed E-state index contributed by atoms with van der Waals surface area (Å²) in [5.41, 5.74) is 0.839. The number of carbonyl (C=O) groups is 1. The third kappa shape index (κ3) is 5.24. The number of carboxylic acids is 1. The van der Waals surface area contributed by atoms with Gasteiger partial charge in [0, 0.05) is 19.6 Å². The number of carboxylic acid groups (broad SMARTS) is 1. The van der Waals surface area contributed by atoms with Crippen LogP contribution >= 0.6 is 0 Å². The minimum atomic E-state index is -0.814. The number of hydrogen-bond acceptors (Lipinski definition) is 4. The van der Waals surface area contributed by atoms with Gasteiger partial charge in [-0.3, -0.25) is 9.69 Å². The first-order valence-corrected chi connectivity index (χ1v) is 8.74. The van der Waals surface area contributed by atoms with Crippen LogP contribution in [0.3, 0.4) is 0 Å². The summed E-state index contributed by atoms with van der Waals surface area (Å²) in [4.78, 5) is 12.8. The predicted octanol–water partition coefficient (Wildman–Crippen LogP) is 3.39. The molecule has 2 aromatic rings. The van der Waals surface area contributed by atoms with Crippen molar-refractivity contribution in [2.75, 3.05) is 26.2 Å². The predicted molar refractivity (Wildman–Crippen MR) is 94.5 cm³/mol. The van der Waals surface area contributed by atoms with Gasteiger partial charge in [-0.2, -0.15) is 0 Å². The van der Waals surface area contributed by atoms with Gasteiger partial charge in [-0.15, -0.1) is 0 Å². The lowest BCUT2D eigenvalue weighted by molar-refractivity contribution is -0.137. The smallest absolute Gasteiger partial charge is 0.304 e. The molecule has 0 amide bonds. The van der Waals surface area contributed by atoms with Gasteiger partial charge in [0.25, 0.3) is 0 Å². The van der Waals surface area contributed by atoms with Crippen LogP contribution in [0.2, 0.25) is 0 Å². The van der Waals surface area contributed by atoms with Crippen LogP contribution in [0.15, 0.2) is 42.5 Å². The molecule has 1 N–H and O–H groups in total. The van der Waals surface area contributed by atoms with Crippen LogP contribution in [-0.4, -0.2) is 42.2 Å². The van der Waals surface area contributed by atoms with Crippen molar-refractivity contribution in [3.05, 3.63) is 65.2 Å². The van der Waals surface area contributed by atoms with Gasteiger partial charge in [0.15, 0.2) is 0 Å². The van der Waals surface area contributed by atoms with E-state index in [1.165, 1.54) is 18.2 Å². The fraction of sp³-hybridized carbons (Fsp3) is 0.350. The number of aliphatic carboxylic acids is 1. The molecule has 1 aliphatic heterocycles. The van der Waals surface area contributed by atoms with E-state index < -0.39 is 17.6 Å². The number of halogens is 2. The Hall–Kier alpha value is -2.51. The van der Waals surface area contributed by atoms with Crippen molar-refractivity contribution < 1.29 is 28.2 Å². The fourth-order valence-electron chi connectivity index (χ4n) is 2.97. The highest BCUT2D eigenvalue weighted by molar-refractivity contribution is 5.66. The van der Waals surface area contributed by atoms with E-state index in [1.807, 2.05) is 12.1 Å². The van der Waals surface area contributed by atoms with Crippen LogP contribution < -0.4 is 4.74 Å². The normalized spacial score (nSPS) is 17.6. The van der Waals surface area contributed by atoms with Crippen molar-refractivity contribution in [3.63, 3.8) is 0 Å². The van der Waals surface area contributed by atoms with E-state index in [0.717, 1.165) is 5.56 Å². The SMILES string of the molecule is O=C(O)CCN1CCO[C@@H](c2ccc(OCc3c(F)cccc3F)cc2)C1. The second kappa shape index (κ2) is 8.92. The molecule has 1 aliphatic rings. The van der Waals surface area contributed by atoms with Gasteiger partial charge in [0.05, 0.1) is 24.7 Å². The van der Waals surface area contributed by atoms with E-state index in [0.29, 0.717) is 32.0 Å². The van der Waals surface area contributed by atoms with Gasteiger partial charge in [0.2, 0.25) is 0 Å². The van der Waals surface area contributed by atoms with Gasteiger partial charge in [0.1, 0.15) is 24.0 Å². The van der Waals surface area contributed by atoms with Crippen LogP contribution in [0.25, 0.3) is 0 Å². The van der Waals surface area contributed by atoms with E-state index in [9.17, 15) is 13.6 Å². The number of benzene rings is 2. The zero-order valence-corrected chi connectivity index (χ0v) is 14.7. The minimum absolute atomic E-state index is 0.103. The lowest BCUT2D eigenvalue weighted by Gasteiger charge is -2.32. The fourth-order valence-corrected chi connectivity index (χ4v) is 2.97. The second-order valence-corrected chi connectivity index (χ2v) is 6.36. The molecule has 0 spiro atoms. The summed E-state index contributed by atoms with van der Waals surface area (Å²) in [6.45, 7) is 2.16. The summed E-state index contributed by atoms with van der Waals surface area (Å²) in [5, 5.41) is 8.81. The Bertz CT molecular complexity index is 762. The Morgan fingerprint density at radius 3 is 2.56 bits per heavy atom. The van der Waals surface area contributed by atoms with Crippen molar-refractivity contribution in [1.82, 2.24) is 4.90 Å². The lowest BCUT2D eigenvalue weighted by atomic mass is 10.1. The van der Waals surface area contributed by atoms with Gasteiger partial charge >= 0.3 is 5.97 Å². The van der Waals surface area contributed by atoms with Crippen molar-refractivity contribution in [1.29, 1.82) is 0 Å². The van der Waals surface area contributed by atoms with E-state index in [4.69, 9.17) is 14.6 Å². The Morgan fingerprint density at radius 2 is 1.89 bits per heavy atom. The highest BCUT2D eigenvalue weighted by atomic mass is 19.1. The average molecular weight is 377 g/mol. The number of hydrogen-bond donors (Lipinski definition) is 1. The molecule has 1 atom stereocenters. The van der Waals surface area contributed by atoms with Crippen LogP contribution in [0.1, 0.15) is 23.7 Å². The number of nitrogens with zero attached hydrogens (tertiary/aromatic N) is 1. The molecule has 3 rings (SSSR count). The van der Waals surface area contributed by atoms with Crippen molar-refractivity contribution in [2.24, 2.45) is 0 Å². The largest absolute Gasteiger partial charge is 0.489 e. The highest BCUT2D eigenvalue weighted by Crippen LogP contribution is 2.25. The van der Waals surface area contributed by atoms with Gasteiger partial charge in [-0.05, 0) is 29.8 Å². The number of morpholine rings is 1. The van der Waals surface area contributed by atoms with Crippen LogP contribution in [0.4, 0.5) is 8.78 Å². The van der Waals surface area contributed by atoms with Crippen LogP contribution in [-0.2, 0) is 16.1 Å². The van der Waals surface area contributed by atoms with Crippen molar-refractivity contribution >= 4 is 5.97 Å². The topological polar surface area (TPSA) is 59.0 Å². The zero-order chi connectivity index (χ0) is 19.2. The molecule has 0 aromatic heterocycles. The summed E-state index contributed by atoms with van der Waals surface area (Å²) >= 11 is 0. The molecule has 27 heavy (non-hydrogen) atoms. The Morgan fingerprint density at radius 1 is 1.19 bits per heavy atom. The first kappa shape index (κ1) is 19.3. The second-order valence-electron chi connectivity index (χ2n) is 6.36. The van der Waals surface area contributed by atoms with Crippen LogP contribution in [0.5, 0.6) is 5.75 Å². The molecule has 5 nitrogen and oxygen atoms in total. The van der Waals surface area contributed by atoms with Gasteiger partial charge < -0.3 is 14.6 Å². The quantitative estimate of drug-likeness (QED) is 0.802. The summed E-state index contributed by atoms with van der Waals surface area (Å²) < 4.78 is 38.5. The maximum absolute atomic E-state index is 13.6. The minimum Gasteiger partial charge on any atom is -0.489 e. The maximum atomic E-state index is 13.6. The number of rotatable bonds is 7. The molecule has 0 unspecified atom stereocenters. The molecule has 7 heteroatoms. The standard InChI is InChI=1S/C20H21F2NO4/c21-17-2-1-3-18(22)16(17)13-27-15-6-4-14(5-7-15)19-12-23(10-11-26-19)9-8-20(24)25/h1-7,19H,8-13H2,(H,24,25)/t19-/m1/s1. The van der Waals surface area contributed by atoms with Crippen LogP contribution in [0, 0.1) is 11.6 Å². The van der Waals surface area contributed by atoms with E-state index in [1.54, 1.807) is 12.1 Å². The third-order valence-electron chi connectivity index (χ3n) is 4.49. The molecule has 1 fully saturated rings. The van der Waals surface area contributed by atoms with Gasteiger partial charge in [-0.25, -0.2) is 8.78 Å². The van der Waals surface area contributed by atoms with E-state index >= 15 is 0 Å². The molecular formula is C20H21F2NO4.